The van der Waals surface area contributed by atoms with Crippen molar-refractivity contribution in [2.24, 2.45) is 0 Å². The summed E-state index contributed by atoms with van der Waals surface area (Å²) < 4.78 is 9.13. The van der Waals surface area contributed by atoms with Crippen LogP contribution in [-0.4, -0.2) is 4.57 Å². The zero-order valence-corrected chi connectivity index (χ0v) is 32.1. The molecule has 0 aliphatic heterocycles. The summed E-state index contributed by atoms with van der Waals surface area (Å²) in [5.74, 6) is 0. The summed E-state index contributed by atoms with van der Waals surface area (Å²) >= 11 is 0. The van der Waals surface area contributed by atoms with E-state index in [4.69, 9.17) is 4.42 Å². The number of nitrogens with zero attached hydrogens (tertiary/aromatic N) is 2. The van der Waals surface area contributed by atoms with Gasteiger partial charge in [-0.3, -0.25) is 0 Å². The topological polar surface area (TPSA) is 21.3 Å². The summed E-state index contributed by atoms with van der Waals surface area (Å²) in [7, 11) is 0. The largest absolute Gasteiger partial charge is 0.455 e. The molecule has 0 atom stereocenters. The molecule has 2 heterocycles. The molecule has 0 radical (unpaired) electrons. The second kappa shape index (κ2) is 13.4. The SMILES string of the molecule is c1cc(-c2ccc(N(c3ccccc3-c3cccc4ccccc34)c3cccc4oc5c6ccccc6ccc5c34)cc2)cc(-n2c3ccccc3c3ccccc32)c1. The third-order valence-corrected chi connectivity index (χ3v) is 12.0. The van der Waals surface area contributed by atoms with Gasteiger partial charge in [-0.15, -0.1) is 0 Å². The number of para-hydroxylation sites is 3. The lowest BCUT2D eigenvalue weighted by atomic mass is 9.95. The van der Waals surface area contributed by atoms with E-state index >= 15 is 0 Å². The molecular formula is C56H36N2O. The Morgan fingerprint density at radius 2 is 0.966 bits per heavy atom. The van der Waals surface area contributed by atoms with Crippen LogP contribution in [0.1, 0.15) is 0 Å². The predicted molar refractivity (Wildman–Crippen MR) is 249 cm³/mol. The molecule has 3 heteroatoms. The monoisotopic (exact) mass is 752 g/mol. The zero-order chi connectivity index (χ0) is 38.9. The van der Waals surface area contributed by atoms with Crippen molar-refractivity contribution < 1.29 is 4.42 Å². The van der Waals surface area contributed by atoms with Crippen molar-refractivity contribution in [3.05, 3.63) is 218 Å². The van der Waals surface area contributed by atoms with Crippen LogP contribution in [0.2, 0.25) is 0 Å². The van der Waals surface area contributed by atoms with Crippen molar-refractivity contribution in [1.82, 2.24) is 4.57 Å². The Morgan fingerprint density at radius 1 is 0.373 bits per heavy atom. The number of hydrogen-bond acceptors (Lipinski definition) is 2. The number of benzene rings is 10. The van der Waals surface area contributed by atoms with Gasteiger partial charge < -0.3 is 13.9 Å². The van der Waals surface area contributed by atoms with Gasteiger partial charge in [-0.25, -0.2) is 0 Å². The third kappa shape index (κ3) is 5.29. The van der Waals surface area contributed by atoms with Crippen LogP contribution in [0.25, 0.3) is 93.2 Å². The molecule has 0 spiro atoms. The Balaban J connectivity index is 1.05. The molecule has 0 amide bonds. The second-order valence-electron chi connectivity index (χ2n) is 15.3. The van der Waals surface area contributed by atoms with Crippen LogP contribution in [0.3, 0.4) is 0 Å². The summed E-state index contributed by atoms with van der Waals surface area (Å²) in [6.45, 7) is 0. The summed E-state index contributed by atoms with van der Waals surface area (Å²) in [5.41, 5.74) is 13.2. The highest BCUT2D eigenvalue weighted by Gasteiger charge is 2.23. The Labute approximate surface area is 341 Å². The molecule has 59 heavy (non-hydrogen) atoms. The number of hydrogen-bond donors (Lipinski definition) is 0. The molecule has 0 aliphatic carbocycles. The van der Waals surface area contributed by atoms with Crippen molar-refractivity contribution in [2.45, 2.75) is 0 Å². The van der Waals surface area contributed by atoms with Gasteiger partial charge in [0, 0.05) is 38.5 Å². The minimum absolute atomic E-state index is 0.861. The predicted octanol–water partition coefficient (Wildman–Crippen LogP) is 15.8. The average molecular weight is 753 g/mol. The van der Waals surface area contributed by atoms with E-state index < -0.39 is 0 Å². The normalized spacial score (nSPS) is 11.7. The fourth-order valence-corrected chi connectivity index (χ4v) is 9.31. The first-order chi connectivity index (χ1) is 29.3. The lowest BCUT2D eigenvalue weighted by Gasteiger charge is -2.29. The molecule has 3 nitrogen and oxygen atoms in total. The number of rotatable bonds is 6. The molecule has 0 fully saturated rings. The summed E-state index contributed by atoms with van der Waals surface area (Å²) in [4.78, 5) is 2.42. The van der Waals surface area contributed by atoms with Crippen molar-refractivity contribution in [2.75, 3.05) is 4.90 Å². The Kier molecular flexibility index (Phi) is 7.54. The van der Waals surface area contributed by atoms with Gasteiger partial charge in [-0.1, -0.05) is 158 Å². The first kappa shape index (κ1) is 33.3. The van der Waals surface area contributed by atoms with Crippen LogP contribution in [0.4, 0.5) is 17.1 Å². The first-order valence-corrected chi connectivity index (χ1v) is 20.2. The first-order valence-electron chi connectivity index (χ1n) is 20.2. The molecular weight excluding hydrogens is 717 g/mol. The minimum atomic E-state index is 0.861. The van der Waals surface area contributed by atoms with E-state index in [1.165, 1.54) is 38.1 Å². The molecule has 0 saturated carbocycles. The van der Waals surface area contributed by atoms with E-state index in [0.717, 1.165) is 72.2 Å². The van der Waals surface area contributed by atoms with Gasteiger partial charge in [0.05, 0.1) is 27.8 Å². The number of fused-ring (bicyclic) bond motifs is 9. The Morgan fingerprint density at radius 3 is 1.76 bits per heavy atom. The van der Waals surface area contributed by atoms with Gasteiger partial charge in [-0.2, -0.15) is 0 Å². The van der Waals surface area contributed by atoms with E-state index in [9.17, 15) is 0 Å². The van der Waals surface area contributed by atoms with E-state index in [2.05, 4.69) is 228 Å². The highest BCUT2D eigenvalue weighted by molar-refractivity contribution is 6.20. The van der Waals surface area contributed by atoms with Crippen LogP contribution in [0, 0.1) is 0 Å². The summed E-state index contributed by atoms with van der Waals surface area (Å²) in [6, 6.07) is 78.7. The van der Waals surface area contributed by atoms with Crippen molar-refractivity contribution in [3.63, 3.8) is 0 Å². The van der Waals surface area contributed by atoms with Gasteiger partial charge >= 0.3 is 0 Å². The molecule has 0 aliphatic rings. The van der Waals surface area contributed by atoms with Gasteiger partial charge in [0.2, 0.25) is 0 Å². The minimum Gasteiger partial charge on any atom is -0.455 e. The molecule has 12 rings (SSSR count). The third-order valence-electron chi connectivity index (χ3n) is 12.0. The van der Waals surface area contributed by atoms with Crippen molar-refractivity contribution >= 4 is 82.4 Å². The molecule has 276 valence electrons. The highest BCUT2D eigenvalue weighted by atomic mass is 16.3. The van der Waals surface area contributed by atoms with Crippen molar-refractivity contribution in [3.8, 4) is 27.9 Å². The Hall–Kier alpha value is -7.88. The Bertz CT molecular complexity index is 3510. The van der Waals surface area contributed by atoms with Crippen LogP contribution >= 0.6 is 0 Å². The maximum atomic E-state index is 6.74. The van der Waals surface area contributed by atoms with Gasteiger partial charge in [0.15, 0.2) is 0 Å². The standard InChI is InChI=1S/C56H36N2O/c1-3-19-43-38(14-1)16-12-24-45(43)46-21-5-8-25-50(46)57(53-28-13-29-54-55(53)49-35-32-39-15-2-4-20-44(39)56(49)59-54)41-33-30-37(31-34-41)40-17-11-18-42(36-40)58-51-26-9-6-22-47(51)48-23-7-10-27-52(48)58/h1-36H. The maximum absolute atomic E-state index is 6.74. The number of furan rings is 1. The lowest BCUT2D eigenvalue weighted by Crippen LogP contribution is -2.11. The molecule has 2 aromatic heterocycles. The smallest absolute Gasteiger partial charge is 0.143 e. The lowest BCUT2D eigenvalue weighted by molar-refractivity contribution is 0.672. The van der Waals surface area contributed by atoms with Gasteiger partial charge in [0.1, 0.15) is 11.2 Å². The van der Waals surface area contributed by atoms with Gasteiger partial charge in [-0.05, 0) is 93.5 Å². The molecule has 0 saturated heterocycles. The molecule has 0 bridgehead atoms. The number of aromatic nitrogens is 1. The van der Waals surface area contributed by atoms with E-state index in [1.54, 1.807) is 0 Å². The van der Waals surface area contributed by atoms with Crippen LogP contribution in [0.15, 0.2) is 223 Å². The van der Waals surface area contributed by atoms with E-state index in [0.29, 0.717) is 0 Å². The average Bonchev–Trinajstić information content (AvgIpc) is 3.86. The van der Waals surface area contributed by atoms with Crippen LogP contribution < -0.4 is 4.90 Å². The molecule has 10 aromatic carbocycles. The van der Waals surface area contributed by atoms with Gasteiger partial charge in [0.25, 0.3) is 0 Å². The molecule has 0 N–H and O–H groups in total. The summed E-state index contributed by atoms with van der Waals surface area (Å²) in [6.07, 6.45) is 0. The van der Waals surface area contributed by atoms with E-state index in [1.807, 2.05) is 0 Å². The zero-order valence-electron chi connectivity index (χ0n) is 32.1. The van der Waals surface area contributed by atoms with Crippen molar-refractivity contribution in [1.29, 1.82) is 0 Å². The van der Waals surface area contributed by atoms with Crippen LogP contribution in [-0.2, 0) is 0 Å². The molecule has 0 unspecified atom stereocenters. The quantitative estimate of drug-likeness (QED) is 0.169. The highest BCUT2D eigenvalue weighted by Crippen LogP contribution is 2.48. The molecule has 12 aromatic rings. The maximum Gasteiger partial charge on any atom is 0.143 e. The second-order valence-corrected chi connectivity index (χ2v) is 15.3. The number of anilines is 3. The fraction of sp³-hybridized carbons (Fsp3) is 0. The summed E-state index contributed by atoms with van der Waals surface area (Å²) in [5, 5.41) is 9.42. The fourth-order valence-electron chi connectivity index (χ4n) is 9.31. The van der Waals surface area contributed by atoms with Crippen LogP contribution in [0.5, 0.6) is 0 Å². The van der Waals surface area contributed by atoms with E-state index in [-0.39, 0.29) is 0 Å².